The molecule has 176 valence electrons. The van der Waals surface area contributed by atoms with E-state index in [0.29, 0.717) is 32.0 Å². The Labute approximate surface area is 187 Å². The molecule has 1 rings (SSSR count). The summed E-state index contributed by atoms with van der Waals surface area (Å²) < 4.78 is 15.4. The maximum absolute atomic E-state index is 11.9. The van der Waals surface area contributed by atoms with E-state index in [0.717, 1.165) is 12.0 Å². The summed E-state index contributed by atoms with van der Waals surface area (Å²) in [6.45, 7) is 11.7. The molecule has 0 spiro atoms. The molecule has 1 aromatic rings. The summed E-state index contributed by atoms with van der Waals surface area (Å²) in [5, 5.41) is 0. The highest BCUT2D eigenvalue weighted by molar-refractivity contribution is 5.87. The monoisotopic (exact) mass is 436 g/mol. The first-order valence-electron chi connectivity index (χ1n) is 10.8. The van der Waals surface area contributed by atoms with Gasteiger partial charge in [0, 0.05) is 13.5 Å². The molecule has 31 heavy (non-hydrogen) atoms. The lowest BCUT2D eigenvalue weighted by Gasteiger charge is -2.21. The molecule has 0 N–H and O–H groups in total. The molecule has 0 saturated carbocycles. The molecule has 0 bridgehead atoms. The summed E-state index contributed by atoms with van der Waals surface area (Å²) in [6.07, 6.45) is 3.54. The zero-order chi connectivity index (χ0) is 23.9. The zero-order valence-corrected chi connectivity index (χ0v) is 20.2. The van der Waals surface area contributed by atoms with Crippen LogP contribution in [0.2, 0.25) is 0 Å². The fourth-order valence-electron chi connectivity index (χ4n) is 2.24. The highest BCUT2D eigenvalue weighted by Crippen LogP contribution is 2.16. The van der Waals surface area contributed by atoms with Gasteiger partial charge in [-0.05, 0) is 59.9 Å². The van der Waals surface area contributed by atoms with Gasteiger partial charge in [-0.15, -0.1) is 0 Å². The number of unbranched alkanes of at least 4 members (excludes halogenated alkanes) is 2. The van der Waals surface area contributed by atoms with Crippen molar-refractivity contribution in [3.8, 4) is 0 Å². The van der Waals surface area contributed by atoms with E-state index in [2.05, 4.69) is 0 Å². The van der Waals surface area contributed by atoms with Crippen LogP contribution in [-0.2, 0) is 35.2 Å². The molecule has 0 amide bonds. The molecule has 1 atom stereocenters. The second-order valence-corrected chi connectivity index (χ2v) is 9.34. The molecule has 0 aliphatic heterocycles. The SMILES string of the molecule is CC(C)(C)OC(=O)C(C=O)CCCCCC(=O)OCc1ccccc1.COC(C)(C)C. The van der Waals surface area contributed by atoms with Crippen LogP contribution in [-0.4, -0.2) is 36.5 Å². The van der Waals surface area contributed by atoms with Crippen LogP contribution < -0.4 is 0 Å². The quantitative estimate of drug-likeness (QED) is 0.215. The minimum Gasteiger partial charge on any atom is -0.461 e. The van der Waals surface area contributed by atoms with E-state index in [9.17, 15) is 14.4 Å². The maximum Gasteiger partial charge on any atom is 0.316 e. The van der Waals surface area contributed by atoms with Crippen molar-refractivity contribution in [3.05, 3.63) is 35.9 Å². The smallest absolute Gasteiger partial charge is 0.316 e. The third kappa shape index (κ3) is 17.2. The van der Waals surface area contributed by atoms with E-state index in [1.54, 1.807) is 27.9 Å². The van der Waals surface area contributed by atoms with Gasteiger partial charge in [-0.2, -0.15) is 0 Å². The van der Waals surface area contributed by atoms with Crippen molar-refractivity contribution < 1.29 is 28.6 Å². The van der Waals surface area contributed by atoms with Crippen LogP contribution >= 0.6 is 0 Å². The summed E-state index contributed by atoms with van der Waals surface area (Å²) in [6, 6.07) is 9.52. The van der Waals surface area contributed by atoms with Crippen LogP contribution in [0.5, 0.6) is 0 Å². The molecule has 0 radical (unpaired) electrons. The Balaban J connectivity index is 0.00000131. The van der Waals surface area contributed by atoms with Gasteiger partial charge in [0.05, 0.1) is 5.60 Å². The Hall–Kier alpha value is -2.21. The number of aldehydes is 1. The number of carbonyl (C=O) groups is 3. The lowest BCUT2D eigenvalue weighted by atomic mass is 10.0. The van der Waals surface area contributed by atoms with Crippen LogP contribution in [0.15, 0.2) is 30.3 Å². The highest BCUT2D eigenvalue weighted by Gasteiger charge is 2.24. The van der Waals surface area contributed by atoms with Crippen molar-refractivity contribution in [3.63, 3.8) is 0 Å². The van der Waals surface area contributed by atoms with Crippen molar-refractivity contribution >= 4 is 18.2 Å². The van der Waals surface area contributed by atoms with Gasteiger partial charge in [-0.1, -0.05) is 43.2 Å². The maximum atomic E-state index is 11.9. The lowest BCUT2D eigenvalue weighted by molar-refractivity contribution is -0.160. The van der Waals surface area contributed by atoms with Crippen LogP contribution in [0.4, 0.5) is 0 Å². The van der Waals surface area contributed by atoms with Gasteiger partial charge in [0.2, 0.25) is 0 Å². The van der Waals surface area contributed by atoms with Gasteiger partial charge in [-0.25, -0.2) is 0 Å². The fraction of sp³-hybridized carbons (Fsp3) is 0.640. The summed E-state index contributed by atoms with van der Waals surface area (Å²) >= 11 is 0. The normalized spacial score (nSPS) is 12.2. The number of esters is 2. The van der Waals surface area contributed by atoms with Crippen molar-refractivity contribution in [2.45, 2.75) is 91.5 Å². The fourth-order valence-corrected chi connectivity index (χ4v) is 2.24. The molecular formula is C25H40O6. The summed E-state index contributed by atoms with van der Waals surface area (Å²) in [7, 11) is 1.71. The first-order chi connectivity index (χ1) is 14.4. The molecular weight excluding hydrogens is 396 g/mol. The van der Waals surface area contributed by atoms with Gasteiger partial charge in [0.25, 0.3) is 0 Å². The summed E-state index contributed by atoms with van der Waals surface area (Å²) in [4.78, 5) is 34.6. The highest BCUT2D eigenvalue weighted by atomic mass is 16.6. The van der Waals surface area contributed by atoms with Crippen molar-refractivity contribution in [1.29, 1.82) is 0 Å². The Bertz CT molecular complexity index is 640. The van der Waals surface area contributed by atoms with Gasteiger partial charge < -0.3 is 19.0 Å². The molecule has 1 aromatic carbocycles. The molecule has 0 heterocycles. The van der Waals surface area contributed by atoms with Gasteiger partial charge in [0.1, 0.15) is 24.4 Å². The molecule has 6 nitrogen and oxygen atoms in total. The zero-order valence-electron chi connectivity index (χ0n) is 20.2. The molecule has 6 heteroatoms. The first kappa shape index (κ1) is 28.8. The van der Waals surface area contributed by atoms with Gasteiger partial charge in [-0.3, -0.25) is 9.59 Å². The Kier molecular flexibility index (Phi) is 13.7. The van der Waals surface area contributed by atoms with E-state index in [-0.39, 0.29) is 18.2 Å². The average molecular weight is 437 g/mol. The predicted octanol–water partition coefficient (Wildman–Crippen LogP) is 5.27. The van der Waals surface area contributed by atoms with Crippen molar-refractivity contribution in [1.82, 2.24) is 0 Å². The largest absolute Gasteiger partial charge is 0.461 e. The molecule has 0 aromatic heterocycles. The van der Waals surface area contributed by atoms with Crippen LogP contribution in [0.3, 0.4) is 0 Å². The van der Waals surface area contributed by atoms with Crippen molar-refractivity contribution in [2.24, 2.45) is 5.92 Å². The topological polar surface area (TPSA) is 78.9 Å². The van der Waals surface area contributed by atoms with E-state index in [1.807, 2.05) is 51.1 Å². The van der Waals surface area contributed by atoms with E-state index < -0.39 is 17.5 Å². The average Bonchev–Trinajstić information content (AvgIpc) is 2.68. The molecule has 0 aliphatic rings. The third-order valence-corrected chi connectivity index (χ3v) is 4.12. The predicted molar refractivity (Wildman–Crippen MR) is 121 cm³/mol. The molecule has 0 aliphatic carbocycles. The number of benzene rings is 1. The summed E-state index contributed by atoms with van der Waals surface area (Å²) in [5.74, 6) is -1.45. The molecule has 1 unspecified atom stereocenters. The number of ether oxygens (including phenoxy) is 3. The Morgan fingerprint density at radius 3 is 2.00 bits per heavy atom. The Morgan fingerprint density at radius 2 is 1.52 bits per heavy atom. The number of methoxy groups -OCH3 is 1. The second-order valence-electron chi connectivity index (χ2n) is 9.34. The van der Waals surface area contributed by atoms with Gasteiger partial charge >= 0.3 is 11.9 Å². The minimum atomic E-state index is -0.732. The molecule has 0 fully saturated rings. The third-order valence-electron chi connectivity index (χ3n) is 4.12. The number of rotatable bonds is 10. The summed E-state index contributed by atoms with van der Waals surface area (Å²) in [5.41, 5.74) is 0.406. The van der Waals surface area contributed by atoms with E-state index in [1.165, 1.54) is 0 Å². The van der Waals surface area contributed by atoms with Crippen LogP contribution in [0, 0.1) is 5.92 Å². The van der Waals surface area contributed by atoms with Crippen LogP contribution in [0.25, 0.3) is 0 Å². The number of hydrogen-bond acceptors (Lipinski definition) is 6. The van der Waals surface area contributed by atoms with Crippen molar-refractivity contribution in [2.75, 3.05) is 7.11 Å². The standard InChI is InChI=1S/C20H28O5.C5H12O/c1-20(2,3)25-19(23)17(14-21)12-8-5-9-13-18(22)24-15-16-10-6-4-7-11-16;1-5(2,3)6-4/h4,6-7,10-11,14,17H,5,8-9,12-13,15H2,1-3H3;1-4H3. The minimum absolute atomic E-state index is 0.0417. The second kappa shape index (κ2) is 14.7. The molecule has 0 saturated heterocycles. The van der Waals surface area contributed by atoms with Crippen LogP contribution in [0.1, 0.15) is 79.2 Å². The van der Waals surface area contributed by atoms with E-state index in [4.69, 9.17) is 14.2 Å². The lowest BCUT2D eigenvalue weighted by Crippen LogP contribution is -2.29. The first-order valence-corrected chi connectivity index (χ1v) is 10.8. The Morgan fingerprint density at radius 1 is 0.935 bits per heavy atom. The van der Waals surface area contributed by atoms with E-state index >= 15 is 0 Å². The number of carbonyl (C=O) groups excluding carboxylic acids is 3. The van der Waals surface area contributed by atoms with Gasteiger partial charge in [0.15, 0.2) is 0 Å². The number of hydrogen-bond donors (Lipinski definition) is 0.